The molecular formula is C24H29ClN6O3. The van der Waals surface area contributed by atoms with Crippen LogP contribution in [-0.2, 0) is 9.53 Å². The predicted octanol–water partition coefficient (Wildman–Crippen LogP) is 3.64. The van der Waals surface area contributed by atoms with Crippen molar-refractivity contribution in [1.29, 1.82) is 0 Å². The number of rotatable bonds is 5. The van der Waals surface area contributed by atoms with Gasteiger partial charge in [-0.2, -0.15) is 0 Å². The van der Waals surface area contributed by atoms with E-state index >= 15 is 0 Å². The van der Waals surface area contributed by atoms with Crippen molar-refractivity contribution in [2.24, 2.45) is 0 Å². The van der Waals surface area contributed by atoms with E-state index < -0.39 is 11.7 Å². The number of aromatic nitrogens is 3. The van der Waals surface area contributed by atoms with E-state index in [1.807, 2.05) is 39.9 Å². The SMILES string of the molecule is CC(C)(C)OC(=O)NCCC(=O)N1CCN(c2nn(-c3ccc(Cl)cc3)c3cnccc23)CC1. The summed E-state index contributed by atoms with van der Waals surface area (Å²) in [5.41, 5.74) is 1.25. The molecule has 10 heteroatoms. The highest BCUT2D eigenvalue weighted by Crippen LogP contribution is 2.29. The molecule has 1 fully saturated rings. The normalized spacial score (nSPS) is 14.4. The molecule has 0 aliphatic carbocycles. The molecule has 0 bridgehead atoms. The van der Waals surface area contributed by atoms with E-state index in [4.69, 9.17) is 21.4 Å². The number of anilines is 1. The molecular weight excluding hydrogens is 456 g/mol. The van der Waals surface area contributed by atoms with Gasteiger partial charge in [-0.3, -0.25) is 9.78 Å². The number of benzene rings is 1. The van der Waals surface area contributed by atoms with E-state index in [1.165, 1.54) is 0 Å². The molecule has 1 aromatic carbocycles. The standard InChI is InChI=1S/C24H29ClN6O3/c1-24(2,3)34-23(33)27-11-9-21(32)29-12-14-30(15-13-29)22-19-8-10-26-16-20(19)31(28-22)18-6-4-17(25)5-7-18/h4-8,10,16H,9,11-15H2,1-3H3,(H,27,33). The Bertz CT molecular complexity index is 1160. The van der Waals surface area contributed by atoms with Crippen LogP contribution in [0.15, 0.2) is 42.7 Å². The summed E-state index contributed by atoms with van der Waals surface area (Å²) in [7, 11) is 0. The molecule has 0 atom stereocenters. The Hall–Kier alpha value is -3.33. The first kappa shape index (κ1) is 23.8. The number of pyridine rings is 1. The fourth-order valence-corrected chi connectivity index (χ4v) is 4.00. The van der Waals surface area contributed by atoms with E-state index in [1.54, 1.807) is 33.2 Å². The molecule has 9 nitrogen and oxygen atoms in total. The van der Waals surface area contributed by atoms with Crippen LogP contribution in [0.3, 0.4) is 0 Å². The summed E-state index contributed by atoms with van der Waals surface area (Å²) in [6, 6.07) is 9.48. The number of piperazine rings is 1. The van der Waals surface area contributed by atoms with Gasteiger partial charge < -0.3 is 19.9 Å². The van der Waals surface area contributed by atoms with Gasteiger partial charge in [0.2, 0.25) is 5.91 Å². The fraction of sp³-hybridized carbons (Fsp3) is 0.417. The van der Waals surface area contributed by atoms with Gasteiger partial charge in [0, 0.05) is 55.8 Å². The van der Waals surface area contributed by atoms with Crippen LogP contribution in [0, 0.1) is 0 Å². The van der Waals surface area contributed by atoms with Gasteiger partial charge in [-0.1, -0.05) is 11.6 Å². The summed E-state index contributed by atoms with van der Waals surface area (Å²) in [6.45, 7) is 8.16. The highest BCUT2D eigenvalue weighted by atomic mass is 35.5. The van der Waals surface area contributed by atoms with Gasteiger partial charge in [0.15, 0.2) is 5.82 Å². The first-order valence-corrected chi connectivity index (χ1v) is 11.7. The van der Waals surface area contributed by atoms with Gasteiger partial charge in [0.1, 0.15) is 5.60 Å². The minimum Gasteiger partial charge on any atom is -0.444 e. The second-order valence-electron chi connectivity index (χ2n) is 9.15. The molecule has 1 aliphatic rings. The number of ether oxygens (including phenoxy) is 1. The zero-order valence-corrected chi connectivity index (χ0v) is 20.4. The van der Waals surface area contributed by atoms with Crippen molar-refractivity contribution >= 4 is 40.3 Å². The number of halogens is 1. The quantitative estimate of drug-likeness (QED) is 0.594. The second kappa shape index (κ2) is 9.89. The van der Waals surface area contributed by atoms with Crippen LogP contribution < -0.4 is 10.2 Å². The topological polar surface area (TPSA) is 92.6 Å². The molecule has 4 rings (SSSR count). The van der Waals surface area contributed by atoms with E-state index in [2.05, 4.69) is 15.2 Å². The number of hydrogen-bond donors (Lipinski definition) is 1. The van der Waals surface area contributed by atoms with E-state index in [0.717, 1.165) is 22.4 Å². The molecule has 3 heterocycles. The van der Waals surface area contributed by atoms with Gasteiger partial charge in [-0.05, 0) is 51.1 Å². The van der Waals surface area contributed by atoms with Crippen molar-refractivity contribution in [1.82, 2.24) is 25.0 Å². The van der Waals surface area contributed by atoms with Crippen molar-refractivity contribution in [2.45, 2.75) is 32.8 Å². The van der Waals surface area contributed by atoms with Gasteiger partial charge in [0.05, 0.1) is 17.4 Å². The Morgan fingerprint density at radius 3 is 2.47 bits per heavy atom. The number of carbonyl (C=O) groups is 2. The summed E-state index contributed by atoms with van der Waals surface area (Å²) in [5, 5.41) is 9.19. The van der Waals surface area contributed by atoms with Crippen LogP contribution in [0.2, 0.25) is 5.02 Å². The van der Waals surface area contributed by atoms with Crippen LogP contribution in [0.25, 0.3) is 16.6 Å². The van der Waals surface area contributed by atoms with E-state index in [-0.39, 0.29) is 18.9 Å². The summed E-state index contributed by atoms with van der Waals surface area (Å²) in [4.78, 5) is 32.7. The maximum atomic E-state index is 12.6. The summed E-state index contributed by atoms with van der Waals surface area (Å²) < 4.78 is 7.07. The van der Waals surface area contributed by atoms with Crippen LogP contribution >= 0.6 is 11.6 Å². The van der Waals surface area contributed by atoms with Gasteiger partial charge >= 0.3 is 6.09 Å². The third-order valence-corrected chi connectivity index (χ3v) is 5.73. The van der Waals surface area contributed by atoms with Crippen LogP contribution in [-0.4, -0.2) is 70.0 Å². The number of carbonyl (C=O) groups excluding carboxylic acids is 2. The first-order chi connectivity index (χ1) is 16.2. The zero-order valence-electron chi connectivity index (χ0n) is 19.6. The van der Waals surface area contributed by atoms with Crippen LogP contribution in [0.5, 0.6) is 0 Å². The Labute approximate surface area is 203 Å². The molecule has 0 saturated carbocycles. The Kier molecular flexibility index (Phi) is 6.92. The van der Waals surface area contributed by atoms with Crippen LogP contribution in [0.4, 0.5) is 10.6 Å². The van der Waals surface area contributed by atoms with Crippen molar-refractivity contribution in [2.75, 3.05) is 37.6 Å². The summed E-state index contributed by atoms with van der Waals surface area (Å²) in [5.74, 6) is 0.877. The minimum absolute atomic E-state index is 0.0106. The molecule has 0 spiro atoms. The number of fused-ring (bicyclic) bond motifs is 1. The van der Waals surface area contributed by atoms with Crippen molar-refractivity contribution in [3.05, 3.63) is 47.7 Å². The molecule has 0 radical (unpaired) electrons. The molecule has 34 heavy (non-hydrogen) atoms. The number of alkyl carbamates (subject to hydrolysis) is 1. The minimum atomic E-state index is -0.564. The third-order valence-electron chi connectivity index (χ3n) is 5.47. The molecule has 2 amide bonds. The Morgan fingerprint density at radius 1 is 1.09 bits per heavy atom. The van der Waals surface area contributed by atoms with E-state index in [0.29, 0.717) is 31.2 Å². The summed E-state index contributed by atoms with van der Waals surface area (Å²) in [6.07, 6.45) is 3.29. The first-order valence-electron chi connectivity index (χ1n) is 11.3. The lowest BCUT2D eigenvalue weighted by molar-refractivity contribution is -0.131. The van der Waals surface area contributed by atoms with Crippen LogP contribution in [0.1, 0.15) is 27.2 Å². The maximum absolute atomic E-state index is 12.6. The monoisotopic (exact) mass is 484 g/mol. The third kappa shape index (κ3) is 5.59. The molecule has 3 aromatic rings. The van der Waals surface area contributed by atoms with Gasteiger partial charge in [-0.25, -0.2) is 9.48 Å². The highest BCUT2D eigenvalue weighted by Gasteiger charge is 2.25. The lowest BCUT2D eigenvalue weighted by Crippen LogP contribution is -2.49. The number of nitrogens with zero attached hydrogens (tertiary/aromatic N) is 5. The average Bonchev–Trinajstić information content (AvgIpc) is 3.18. The summed E-state index contributed by atoms with van der Waals surface area (Å²) >= 11 is 6.05. The Balaban J connectivity index is 1.38. The smallest absolute Gasteiger partial charge is 0.407 e. The van der Waals surface area contributed by atoms with E-state index in [9.17, 15) is 9.59 Å². The van der Waals surface area contributed by atoms with Crippen molar-refractivity contribution in [3.63, 3.8) is 0 Å². The maximum Gasteiger partial charge on any atom is 0.407 e. The second-order valence-corrected chi connectivity index (χ2v) is 9.59. The number of amides is 2. The molecule has 2 aromatic heterocycles. The average molecular weight is 485 g/mol. The molecule has 1 saturated heterocycles. The number of nitrogens with one attached hydrogen (secondary N) is 1. The van der Waals surface area contributed by atoms with Gasteiger partial charge in [-0.15, -0.1) is 5.10 Å². The molecule has 1 N–H and O–H groups in total. The zero-order chi connectivity index (χ0) is 24.3. The van der Waals surface area contributed by atoms with Crippen molar-refractivity contribution in [3.8, 4) is 5.69 Å². The van der Waals surface area contributed by atoms with Crippen molar-refractivity contribution < 1.29 is 14.3 Å². The fourth-order valence-electron chi connectivity index (χ4n) is 3.87. The lowest BCUT2D eigenvalue weighted by atomic mass is 10.2. The predicted molar refractivity (Wildman–Crippen MR) is 132 cm³/mol. The lowest BCUT2D eigenvalue weighted by Gasteiger charge is -2.35. The molecule has 180 valence electrons. The Morgan fingerprint density at radius 2 is 1.79 bits per heavy atom. The highest BCUT2D eigenvalue weighted by molar-refractivity contribution is 6.30. The largest absolute Gasteiger partial charge is 0.444 e. The molecule has 1 aliphatic heterocycles. The molecule has 0 unspecified atom stereocenters. The number of hydrogen-bond acceptors (Lipinski definition) is 6. The van der Waals surface area contributed by atoms with Gasteiger partial charge in [0.25, 0.3) is 0 Å².